The number of rotatable bonds is 6. The lowest BCUT2D eigenvalue weighted by Crippen LogP contribution is -2.45. The smallest absolute Gasteiger partial charge is 0.257 e. The van der Waals surface area contributed by atoms with Gasteiger partial charge >= 0.3 is 0 Å². The number of benzene rings is 1. The molecule has 0 saturated carbocycles. The van der Waals surface area contributed by atoms with Crippen molar-refractivity contribution in [1.82, 2.24) is 5.32 Å². The Balaban J connectivity index is 2.46. The van der Waals surface area contributed by atoms with Gasteiger partial charge in [-0.15, -0.1) is 0 Å². The van der Waals surface area contributed by atoms with E-state index in [0.717, 1.165) is 6.26 Å². The lowest BCUT2D eigenvalue weighted by molar-refractivity contribution is -0.123. The molecule has 1 aromatic rings. The van der Waals surface area contributed by atoms with Crippen molar-refractivity contribution in [1.29, 1.82) is 5.26 Å². The van der Waals surface area contributed by atoms with Crippen molar-refractivity contribution in [2.24, 2.45) is 0 Å². The Bertz CT molecular complexity index is 643. The fourth-order valence-corrected chi connectivity index (χ4v) is 1.60. The average Bonchev–Trinajstić information content (AvgIpc) is 2.42. The third kappa shape index (κ3) is 5.08. The zero-order valence-corrected chi connectivity index (χ0v) is 13.0. The van der Waals surface area contributed by atoms with Gasteiger partial charge in [0.1, 0.15) is 5.75 Å². The largest absolute Gasteiger partial charge is 0.484 e. The molecule has 0 fully saturated rings. The molecule has 0 saturated heterocycles. The molecule has 1 rings (SSSR count). The monoisotopic (exact) mass is 310 g/mol. The predicted octanol–water partition coefficient (Wildman–Crippen LogP) is 0.876. The van der Waals surface area contributed by atoms with Crippen LogP contribution < -0.4 is 10.1 Å². The molecular weight excluding hydrogens is 292 g/mol. The van der Waals surface area contributed by atoms with Gasteiger partial charge < -0.3 is 10.1 Å². The fraction of sp³-hybridized carbons (Fsp3) is 0.429. The number of nitrogens with zero attached hydrogens (tertiary/aromatic N) is 1. The normalized spacial score (nSPS) is 11.5. The number of hydrogen-bond acceptors (Lipinski definition) is 5. The van der Waals surface area contributed by atoms with Gasteiger partial charge in [-0.05, 0) is 38.1 Å². The van der Waals surface area contributed by atoms with Crippen LogP contribution in [0.2, 0.25) is 0 Å². The van der Waals surface area contributed by atoms with E-state index in [1.807, 2.05) is 6.07 Å². The third-order valence-electron chi connectivity index (χ3n) is 3.07. The predicted molar refractivity (Wildman–Crippen MR) is 78.6 cm³/mol. The molecular formula is C14H18N2O4S. The molecule has 21 heavy (non-hydrogen) atoms. The molecule has 7 heteroatoms. The van der Waals surface area contributed by atoms with E-state index in [4.69, 9.17) is 10.00 Å². The van der Waals surface area contributed by atoms with Gasteiger partial charge in [-0.3, -0.25) is 4.79 Å². The Hall–Kier alpha value is -2.07. The lowest BCUT2D eigenvalue weighted by Gasteiger charge is -2.22. The van der Waals surface area contributed by atoms with Gasteiger partial charge in [-0.1, -0.05) is 0 Å². The SMILES string of the molecule is CC(C)(CNC(=O)COc1ccc(C#N)cc1)S(C)(=O)=O. The van der Waals surface area contributed by atoms with Crippen molar-refractivity contribution in [2.75, 3.05) is 19.4 Å². The van der Waals surface area contributed by atoms with Crippen molar-refractivity contribution < 1.29 is 17.9 Å². The first-order valence-electron chi connectivity index (χ1n) is 6.25. The number of sulfone groups is 1. The minimum Gasteiger partial charge on any atom is -0.484 e. The highest BCUT2D eigenvalue weighted by atomic mass is 32.2. The van der Waals surface area contributed by atoms with Gasteiger partial charge in [0.25, 0.3) is 5.91 Å². The molecule has 0 spiro atoms. The third-order valence-corrected chi connectivity index (χ3v) is 5.22. The van der Waals surface area contributed by atoms with Crippen LogP contribution >= 0.6 is 0 Å². The van der Waals surface area contributed by atoms with Gasteiger partial charge in [0.15, 0.2) is 16.4 Å². The summed E-state index contributed by atoms with van der Waals surface area (Å²) in [5.74, 6) is 0.0580. The van der Waals surface area contributed by atoms with Crippen LogP contribution in [0.15, 0.2) is 24.3 Å². The lowest BCUT2D eigenvalue weighted by atomic mass is 10.2. The highest BCUT2D eigenvalue weighted by Gasteiger charge is 2.30. The molecule has 0 radical (unpaired) electrons. The molecule has 1 aromatic carbocycles. The number of amides is 1. The van der Waals surface area contributed by atoms with Gasteiger partial charge in [0, 0.05) is 12.8 Å². The van der Waals surface area contributed by atoms with Crippen molar-refractivity contribution in [3.05, 3.63) is 29.8 Å². The maximum atomic E-state index is 11.6. The van der Waals surface area contributed by atoms with Crippen molar-refractivity contribution in [3.8, 4) is 11.8 Å². The number of carbonyl (C=O) groups is 1. The van der Waals surface area contributed by atoms with E-state index in [2.05, 4.69) is 5.32 Å². The molecule has 0 heterocycles. The van der Waals surface area contributed by atoms with E-state index < -0.39 is 20.5 Å². The van der Waals surface area contributed by atoms with Crippen LogP contribution in [0.25, 0.3) is 0 Å². The van der Waals surface area contributed by atoms with Crippen LogP contribution in [0.1, 0.15) is 19.4 Å². The maximum Gasteiger partial charge on any atom is 0.257 e. The summed E-state index contributed by atoms with van der Waals surface area (Å²) in [4.78, 5) is 11.6. The molecule has 114 valence electrons. The van der Waals surface area contributed by atoms with E-state index in [1.165, 1.54) is 0 Å². The number of nitrogens with one attached hydrogen (secondary N) is 1. The van der Waals surface area contributed by atoms with Crippen LogP contribution in [-0.4, -0.2) is 38.5 Å². The molecule has 0 unspecified atom stereocenters. The Morgan fingerprint density at radius 3 is 2.38 bits per heavy atom. The summed E-state index contributed by atoms with van der Waals surface area (Å²) in [6.07, 6.45) is 1.13. The Labute approximate surface area is 124 Å². The summed E-state index contributed by atoms with van der Waals surface area (Å²) >= 11 is 0. The first kappa shape index (κ1) is 17.0. The molecule has 0 aliphatic carbocycles. The second-order valence-electron chi connectivity index (χ2n) is 5.23. The second kappa shape index (κ2) is 6.59. The van der Waals surface area contributed by atoms with Crippen LogP contribution in [0.3, 0.4) is 0 Å². The molecule has 0 aliphatic heterocycles. The first-order valence-corrected chi connectivity index (χ1v) is 8.14. The summed E-state index contributed by atoms with van der Waals surface area (Å²) < 4.78 is 27.2. The zero-order chi connectivity index (χ0) is 16.1. The topological polar surface area (TPSA) is 96.3 Å². The standard InChI is InChI=1S/C14H18N2O4S/c1-14(2,21(3,18)19)10-16-13(17)9-20-12-6-4-11(8-15)5-7-12/h4-7H,9-10H2,1-3H3,(H,16,17). The molecule has 6 nitrogen and oxygen atoms in total. The molecule has 0 aromatic heterocycles. The van der Waals surface area contributed by atoms with Crippen LogP contribution in [0.4, 0.5) is 0 Å². The van der Waals surface area contributed by atoms with E-state index in [-0.39, 0.29) is 13.2 Å². The van der Waals surface area contributed by atoms with E-state index >= 15 is 0 Å². The number of hydrogen-bond donors (Lipinski definition) is 1. The molecule has 0 atom stereocenters. The highest BCUT2D eigenvalue weighted by Crippen LogP contribution is 2.13. The van der Waals surface area contributed by atoms with E-state index in [9.17, 15) is 13.2 Å². The molecule has 1 N–H and O–H groups in total. The van der Waals surface area contributed by atoms with Gasteiger partial charge in [-0.2, -0.15) is 5.26 Å². The number of nitriles is 1. The van der Waals surface area contributed by atoms with Crippen LogP contribution in [-0.2, 0) is 14.6 Å². The maximum absolute atomic E-state index is 11.6. The van der Waals surface area contributed by atoms with Crippen molar-refractivity contribution in [2.45, 2.75) is 18.6 Å². The Kier molecular flexibility index (Phi) is 5.33. The van der Waals surface area contributed by atoms with Crippen molar-refractivity contribution in [3.63, 3.8) is 0 Å². The number of ether oxygens (including phenoxy) is 1. The Morgan fingerprint density at radius 2 is 1.90 bits per heavy atom. The highest BCUT2D eigenvalue weighted by molar-refractivity contribution is 7.92. The fourth-order valence-electron chi connectivity index (χ4n) is 1.27. The summed E-state index contributed by atoms with van der Waals surface area (Å²) in [5, 5.41) is 11.2. The second-order valence-corrected chi connectivity index (χ2v) is 7.88. The quantitative estimate of drug-likeness (QED) is 0.841. The van der Waals surface area contributed by atoms with Gasteiger partial charge in [-0.25, -0.2) is 8.42 Å². The van der Waals surface area contributed by atoms with Crippen LogP contribution in [0.5, 0.6) is 5.75 Å². The van der Waals surface area contributed by atoms with Crippen LogP contribution in [0, 0.1) is 11.3 Å². The summed E-state index contributed by atoms with van der Waals surface area (Å²) in [5.41, 5.74) is 0.502. The molecule has 1 amide bonds. The summed E-state index contributed by atoms with van der Waals surface area (Å²) in [7, 11) is -3.26. The van der Waals surface area contributed by atoms with Crippen molar-refractivity contribution >= 4 is 15.7 Å². The first-order chi connectivity index (χ1) is 9.65. The molecule has 0 aliphatic rings. The average molecular weight is 310 g/mol. The van der Waals surface area contributed by atoms with Gasteiger partial charge in [0.2, 0.25) is 0 Å². The van der Waals surface area contributed by atoms with E-state index in [0.29, 0.717) is 11.3 Å². The zero-order valence-electron chi connectivity index (χ0n) is 12.2. The minimum atomic E-state index is -3.26. The van der Waals surface area contributed by atoms with E-state index in [1.54, 1.807) is 38.1 Å². The number of carbonyl (C=O) groups excluding carboxylic acids is 1. The van der Waals surface area contributed by atoms with Gasteiger partial charge in [0.05, 0.1) is 16.4 Å². The minimum absolute atomic E-state index is 0.0153. The molecule has 0 bridgehead atoms. The summed E-state index contributed by atoms with van der Waals surface area (Å²) in [6.45, 7) is 2.89. The Morgan fingerprint density at radius 1 is 1.33 bits per heavy atom. The summed E-state index contributed by atoms with van der Waals surface area (Å²) in [6, 6.07) is 8.32.